The van der Waals surface area contributed by atoms with Crippen LogP contribution in [0.4, 0.5) is 0 Å². The molecule has 0 aliphatic rings. The summed E-state index contributed by atoms with van der Waals surface area (Å²) in [5, 5.41) is 9.52. The summed E-state index contributed by atoms with van der Waals surface area (Å²) in [6.45, 7) is 8.81. The number of hydrogen-bond acceptors (Lipinski definition) is 5. The molecule has 0 saturated heterocycles. The predicted molar refractivity (Wildman–Crippen MR) is 191 cm³/mol. The van der Waals surface area contributed by atoms with E-state index in [-0.39, 0.29) is 25.2 Å². The van der Waals surface area contributed by atoms with Crippen molar-refractivity contribution in [3.8, 4) is 0 Å². The van der Waals surface area contributed by atoms with Gasteiger partial charge in [0.1, 0.15) is 6.61 Å². The van der Waals surface area contributed by atoms with Crippen molar-refractivity contribution in [3.05, 3.63) is 0 Å². The fraction of sp³-hybridized carbons (Fsp3) is 0.950. The standard InChI is InChI=1S/C40H78O5/c1-36(2)30-26-22-18-15-13-11-9-7-5-6-8-10-12-14-16-20-24-28-32-39(42)44-35-38(34-41)45-40(43)33-29-25-21-17-19-23-27-31-37(3)4/h36-38,41H,5-35H2,1-4H3/t38-/m0/s1. The normalized spacial score (nSPS) is 12.2. The molecular formula is C40H78O5. The summed E-state index contributed by atoms with van der Waals surface area (Å²) >= 11 is 0. The van der Waals surface area contributed by atoms with Crippen LogP contribution in [0, 0.1) is 11.8 Å². The summed E-state index contributed by atoms with van der Waals surface area (Å²) < 4.78 is 10.6. The van der Waals surface area contributed by atoms with Crippen LogP contribution in [0.5, 0.6) is 0 Å². The number of hydrogen-bond donors (Lipinski definition) is 1. The number of carbonyl (C=O) groups excluding carboxylic acids is 2. The molecule has 268 valence electrons. The highest BCUT2D eigenvalue weighted by Gasteiger charge is 2.16. The van der Waals surface area contributed by atoms with Crippen molar-refractivity contribution >= 4 is 11.9 Å². The van der Waals surface area contributed by atoms with Gasteiger partial charge in [-0.05, 0) is 24.7 Å². The Morgan fingerprint density at radius 2 is 0.733 bits per heavy atom. The molecule has 0 aromatic carbocycles. The van der Waals surface area contributed by atoms with Crippen molar-refractivity contribution in [2.24, 2.45) is 11.8 Å². The van der Waals surface area contributed by atoms with Gasteiger partial charge in [0.25, 0.3) is 0 Å². The van der Waals surface area contributed by atoms with Gasteiger partial charge >= 0.3 is 11.9 Å². The van der Waals surface area contributed by atoms with E-state index in [9.17, 15) is 14.7 Å². The molecule has 0 saturated carbocycles. The van der Waals surface area contributed by atoms with E-state index in [2.05, 4.69) is 27.7 Å². The van der Waals surface area contributed by atoms with Crippen LogP contribution in [0.15, 0.2) is 0 Å². The Morgan fingerprint density at radius 1 is 0.444 bits per heavy atom. The van der Waals surface area contributed by atoms with Crippen LogP contribution in [-0.4, -0.2) is 36.4 Å². The van der Waals surface area contributed by atoms with Gasteiger partial charge in [-0.1, -0.05) is 188 Å². The number of aliphatic hydroxyl groups excluding tert-OH is 1. The molecule has 0 rings (SSSR count). The van der Waals surface area contributed by atoms with E-state index in [1.807, 2.05) is 0 Å². The highest BCUT2D eigenvalue weighted by molar-refractivity contribution is 5.70. The topological polar surface area (TPSA) is 72.8 Å². The molecule has 0 aromatic heterocycles. The average molecular weight is 639 g/mol. The lowest BCUT2D eigenvalue weighted by atomic mass is 10.0. The molecule has 0 heterocycles. The molecule has 0 bridgehead atoms. The minimum absolute atomic E-state index is 0.0594. The third-order valence-corrected chi connectivity index (χ3v) is 9.01. The van der Waals surface area contributed by atoms with Crippen LogP contribution < -0.4 is 0 Å². The fourth-order valence-electron chi connectivity index (χ4n) is 5.98. The molecule has 0 fully saturated rings. The Morgan fingerprint density at radius 3 is 1.04 bits per heavy atom. The second kappa shape index (κ2) is 34.2. The first-order valence-electron chi connectivity index (χ1n) is 19.8. The van der Waals surface area contributed by atoms with E-state index < -0.39 is 6.10 Å². The molecular weight excluding hydrogens is 560 g/mol. The lowest BCUT2D eigenvalue weighted by Gasteiger charge is -2.15. The van der Waals surface area contributed by atoms with Gasteiger partial charge in [0, 0.05) is 12.8 Å². The first-order valence-corrected chi connectivity index (χ1v) is 19.8. The van der Waals surface area contributed by atoms with E-state index in [1.165, 1.54) is 141 Å². The van der Waals surface area contributed by atoms with Crippen LogP contribution >= 0.6 is 0 Å². The summed E-state index contributed by atoms with van der Waals surface area (Å²) in [6, 6.07) is 0. The predicted octanol–water partition coefficient (Wildman–Crippen LogP) is 12.1. The van der Waals surface area contributed by atoms with Crippen LogP contribution in [0.25, 0.3) is 0 Å². The van der Waals surface area contributed by atoms with Crippen LogP contribution in [-0.2, 0) is 19.1 Å². The molecule has 45 heavy (non-hydrogen) atoms. The summed E-state index contributed by atoms with van der Waals surface area (Å²) in [6.07, 6.45) is 34.7. The third-order valence-electron chi connectivity index (χ3n) is 9.01. The van der Waals surface area contributed by atoms with Crippen molar-refractivity contribution in [1.29, 1.82) is 0 Å². The number of aliphatic hydroxyl groups is 1. The minimum atomic E-state index is -0.762. The van der Waals surface area contributed by atoms with Gasteiger partial charge in [-0.25, -0.2) is 0 Å². The summed E-state index contributed by atoms with van der Waals surface area (Å²) in [5.41, 5.74) is 0. The van der Waals surface area contributed by atoms with Gasteiger partial charge in [-0.3, -0.25) is 9.59 Å². The van der Waals surface area contributed by atoms with Crippen LogP contribution in [0.3, 0.4) is 0 Å². The van der Waals surface area contributed by atoms with Gasteiger partial charge in [-0.15, -0.1) is 0 Å². The fourth-order valence-corrected chi connectivity index (χ4v) is 5.98. The highest BCUT2D eigenvalue weighted by atomic mass is 16.6. The van der Waals surface area contributed by atoms with Gasteiger partial charge in [0.05, 0.1) is 6.61 Å². The summed E-state index contributed by atoms with van der Waals surface area (Å²) in [7, 11) is 0. The Balaban J connectivity index is 3.45. The van der Waals surface area contributed by atoms with Crippen LogP contribution in [0.1, 0.15) is 214 Å². The van der Waals surface area contributed by atoms with Crippen molar-refractivity contribution in [2.45, 2.75) is 220 Å². The highest BCUT2D eigenvalue weighted by Crippen LogP contribution is 2.16. The number of esters is 2. The van der Waals surface area contributed by atoms with Crippen molar-refractivity contribution in [3.63, 3.8) is 0 Å². The molecule has 0 aliphatic heterocycles. The van der Waals surface area contributed by atoms with Gasteiger partial charge in [-0.2, -0.15) is 0 Å². The van der Waals surface area contributed by atoms with Crippen molar-refractivity contribution in [2.75, 3.05) is 13.2 Å². The maximum atomic E-state index is 12.1. The molecule has 0 unspecified atom stereocenters. The smallest absolute Gasteiger partial charge is 0.306 e. The number of carbonyl (C=O) groups is 2. The Bertz CT molecular complexity index is 632. The number of rotatable bonds is 35. The zero-order chi connectivity index (χ0) is 33.2. The molecule has 1 atom stereocenters. The second-order valence-electron chi connectivity index (χ2n) is 14.7. The van der Waals surface area contributed by atoms with E-state index in [0.29, 0.717) is 12.8 Å². The monoisotopic (exact) mass is 639 g/mol. The molecule has 0 spiro atoms. The van der Waals surface area contributed by atoms with Gasteiger partial charge in [0.2, 0.25) is 0 Å². The molecule has 0 radical (unpaired) electrons. The maximum Gasteiger partial charge on any atom is 0.306 e. The van der Waals surface area contributed by atoms with E-state index in [0.717, 1.165) is 43.9 Å². The quantitative estimate of drug-likeness (QED) is 0.0552. The minimum Gasteiger partial charge on any atom is -0.462 e. The molecule has 5 heteroatoms. The maximum absolute atomic E-state index is 12.1. The Labute approximate surface area is 280 Å². The molecule has 1 N–H and O–H groups in total. The van der Waals surface area contributed by atoms with Gasteiger partial charge < -0.3 is 14.6 Å². The first-order chi connectivity index (χ1) is 21.8. The van der Waals surface area contributed by atoms with Crippen molar-refractivity contribution < 1.29 is 24.2 Å². The lowest BCUT2D eigenvalue weighted by molar-refractivity contribution is -0.161. The molecule has 5 nitrogen and oxygen atoms in total. The van der Waals surface area contributed by atoms with E-state index in [1.54, 1.807) is 0 Å². The number of unbranched alkanes of at least 4 members (excludes halogenated alkanes) is 23. The average Bonchev–Trinajstić information content (AvgIpc) is 3.00. The Hall–Kier alpha value is -1.10. The summed E-state index contributed by atoms with van der Waals surface area (Å²) in [5.74, 6) is 1.07. The lowest BCUT2D eigenvalue weighted by Crippen LogP contribution is -2.28. The molecule has 0 amide bonds. The second-order valence-corrected chi connectivity index (χ2v) is 14.7. The molecule has 0 aromatic rings. The third kappa shape index (κ3) is 35.6. The first kappa shape index (κ1) is 43.9. The summed E-state index contributed by atoms with van der Waals surface area (Å²) in [4.78, 5) is 24.2. The van der Waals surface area contributed by atoms with E-state index >= 15 is 0 Å². The molecule has 0 aliphatic carbocycles. The largest absolute Gasteiger partial charge is 0.462 e. The SMILES string of the molecule is CC(C)CCCCCCCCCCCCCCCCCCCCC(=O)OC[C@H](CO)OC(=O)CCCCCCCCCC(C)C. The van der Waals surface area contributed by atoms with E-state index in [4.69, 9.17) is 9.47 Å². The Kier molecular flexibility index (Phi) is 33.4. The zero-order valence-electron chi connectivity index (χ0n) is 30.7. The van der Waals surface area contributed by atoms with Crippen LogP contribution in [0.2, 0.25) is 0 Å². The van der Waals surface area contributed by atoms with Crippen molar-refractivity contribution in [1.82, 2.24) is 0 Å². The zero-order valence-corrected chi connectivity index (χ0v) is 30.7. The number of ether oxygens (including phenoxy) is 2. The van der Waals surface area contributed by atoms with Gasteiger partial charge in [0.15, 0.2) is 6.10 Å².